The van der Waals surface area contributed by atoms with Crippen molar-refractivity contribution in [2.24, 2.45) is 0 Å². The fourth-order valence-corrected chi connectivity index (χ4v) is 3.62. The summed E-state index contributed by atoms with van der Waals surface area (Å²) in [6.07, 6.45) is 3.36. The Labute approximate surface area is 137 Å². The molecule has 0 aliphatic heterocycles. The minimum absolute atomic E-state index is 0.180. The van der Waals surface area contributed by atoms with Gasteiger partial charge in [-0.05, 0) is 42.5 Å². The summed E-state index contributed by atoms with van der Waals surface area (Å²) in [4.78, 5) is -0.190. The Bertz CT molecular complexity index is 943. The molecular formula is C15H11ClFN3O2S. The van der Waals surface area contributed by atoms with Gasteiger partial charge >= 0.3 is 0 Å². The van der Waals surface area contributed by atoms with E-state index in [-0.39, 0.29) is 9.92 Å². The van der Waals surface area contributed by atoms with Crippen LogP contribution in [0.15, 0.2) is 65.8 Å². The van der Waals surface area contributed by atoms with Crippen molar-refractivity contribution in [1.29, 1.82) is 0 Å². The molecule has 0 aliphatic rings. The number of benzene rings is 2. The molecule has 0 fully saturated rings. The van der Waals surface area contributed by atoms with E-state index in [4.69, 9.17) is 11.6 Å². The molecule has 3 aromatic rings. The van der Waals surface area contributed by atoms with Crippen LogP contribution in [0, 0.1) is 5.82 Å². The number of halogens is 2. The van der Waals surface area contributed by atoms with Crippen LogP contribution in [0.25, 0.3) is 5.69 Å². The first-order chi connectivity index (χ1) is 11.0. The van der Waals surface area contributed by atoms with Gasteiger partial charge in [-0.1, -0.05) is 17.7 Å². The van der Waals surface area contributed by atoms with Crippen molar-refractivity contribution in [3.63, 3.8) is 0 Å². The van der Waals surface area contributed by atoms with E-state index in [1.165, 1.54) is 0 Å². The number of nitrogens with one attached hydrogen (secondary N) is 1. The molecular weight excluding hydrogens is 341 g/mol. The van der Waals surface area contributed by atoms with E-state index >= 15 is 0 Å². The maximum absolute atomic E-state index is 13.1. The average molecular weight is 352 g/mol. The molecule has 0 saturated heterocycles. The van der Waals surface area contributed by atoms with Crippen molar-refractivity contribution < 1.29 is 12.8 Å². The predicted molar refractivity (Wildman–Crippen MR) is 85.8 cm³/mol. The van der Waals surface area contributed by atoms with Crippen LogP contribution >= 0.6 is 11.6 Å². The van der Waals surface area contributed by atoms with E-state index in [0.29, 0.717) is 11.4 Å². The highest BCUT2D eigenvalue weighted by Crippen LogP contribution is 2.25. The maximum atomic E-state index is 13.1. The predicted octanol–water partition coefficient (Wildman–Crippen LogP) is 3.47. The van der Waals surface area contributed by atoms with Crippen molar-refractivity contribution in [2.45, 2.75) is 4.90 Å². The van der Waals surface area contributed by atoms with Crippen LogP contribution in [-0.4, -0.2) is 18.2 Å². The molecule has 1 N–H and O–H groups in total. The summed E-state index contributed by atoms with van der Waals surface area (Å²) in [7, 11) is -3.92. The van der Waals surface area contributed by atoms with Crippen molar-refractivity contribution in [3.8, 4) is 5.69 Å². The van der Waals surface area contributed by atoms with E-state index in [9.17, 15) is 12.8 Å². The molecule has 0 aliphatic carbocycles. The Morgan fingerprint density at radius 1 is 1.13 bits per heavy atom. The first-order valence-electron chi connectivity index (χ1n) is 6.54. The zero-order chi connectivity index (χ0) is 16.4. The third-order valence-corrected chi connectivity index (χ3v) is 4.91. The van der Waals surface area contributed by atoms with Crippen molar-refractivity contribution in [3.05, 3.63) is 71.8 Å². The quantitative estimate of drug-likeness (QED) is 0.782. The largest absolute Gasteiger partial charge is 0.280 e. The van der Waals surface area contributed by atoms with Gasteiger partial charge in [0.1, 0.15) is 10.7 Å². The summed E-state index contributed by atoms with van der Waals surface area (Å²) < 4.78 is 41.9. The van der Waals surface area contributed by atoms with Crippen LogP contribution < -0.4 is 4.72 Å². The number of aromatic nitrogens is 2. The highest BCUT2D eigenvalue weighted by Gasteiger charge is 2.18. The van der Waals surface area contributed by atoms with Crippen molar-refractivity contribution >= 4 is 27.3 Å². The second-order valence-corrected chi connectivity index (χ2v) is 6.74. The molecule has 5 nitrogen and oxygen atoms in total. The van der Waals surface area contributed by atoms with Gasteiger partial charge in [-0.25, -0.2) is 17.5 Å². The Morgan fingerprint density at radius 2 is 1.96 bits per heavy atom. The standard InChI is InChI=1S/C15H11ClFN3O2S/c16-14-9-11(17)5-6-15(14)23(21,22)19-12-3-1-4-13(10-12)20-8-2-7-18-20/h1-10,19H. The van der Waals surface area contributed by atoms with Crippen LogP contribution in [0.1, 0.15) is 0 Å². The molecule has 0 saturated carbocycles. The zero-order valence-corrected chi connectivity index (χ0v) is 13.2. The monoisotopic (exact) mass is 351 g/mol. The lowest BCUT2D eigenvalue weighted by molar-refractivity contribution is 0.600. The molecule has 3 rings (SSSR count). The van der Waals surface area contributed by atoms with Gasteiger partial charge in [-0.3, -0.25) is 4.72 Å². The Hall–Kier alpha value is -2.38. The van der Waals surface area contributed by atoms with E-state index in [1.807, 2.05) is 0 Å². The third-order valence-electron chi connectivity index (χ3n) is 3.05. The van der Waals surface area contributed by atoms with Crippen LogP contribution in [0.2, 0.25) is 5.02 Å². The van der Waals surface area contributed by atoms with Gasteiger partial charge < -0.3 is 0 Å². The lowest BCUT2D eigenvalue weighted by Gasteiger charge is -2.11. The maximum Gasteiger partial charge on any atom is 0.263 e. The summed E-state index contributed by atoms with van der Waals surface area (Å²) in [5.74, 6) is -0.602. The number of anilines is 1. The zero-order valence-electron chi connectivity index (χ0n) is 11.6. The molecule has 0 bridgehead atoms. The van der Waals surface area contributed by atoms with E-state index in [2.05, 4.69) is 9.82 Å². The molecule has 23 heavy (non-hydrogen) atoms. The molecule has 0 amide bonds. The Morgan fingerprint density at radius 3 is 2.65 bits per heavy atom. The van der Waals surface area contributed by atoms with E-state index < -0.39 is 15.8 Å². The SMILES string of the molecule is O=S(=O)(Nc1cccc(-n2cccn2)c1)c1ccc(F)cc1Cl. The summed E-state index contributed by atoms with van der Waals surface area (Å²) in [5, 5.41) is 3.90. The highest BCUT2D eigenvalue weighted by molar-refractivity contribution is 7.92. The molecule has 0 atom stereocenters. The molecule has 1 heterocycles. The minimum Gasteiger partial charge on any atom is -0.280 e. The van der Waals surface area contributed by atoms with Crippen LogP contribution in [0.3, 0.4) is 0 Å². The molecule has 2 aromatic carbocycles. The topological polar surface area (TPSA) is 64.0 Å². The second-order valence-electron chi connectivity index (χ2n) is 4.68. The molecule has 0 radical (unpaired) electrons. The van der Waals surface area contributed by atoms with Crippen LogP contribution in [0.4, 0.5) is 10.1 Å². The summed E-state index contributed by atoms with van der Waals surface area (Å²) in [6.45, 7) is 0. The fraction of sp³-hybridized carbons (Fsp3) is 0. The van der Waals surface area contributed by atoms with Gasteiger partial charge in [-0.2, -0.15) is 5.10 Å². The fourth-order valence-electron chi connectivity index (χ4n) is 2.04. The number of hydrogen-bond donors (Lipinski definition) is 1. The van der Waals surface area contributed by atoms with E-state index in [0.717, 1.165) is 18.2 Å². The first-order valence-corrected chi connectivity index (χ1v) is 8.40. The van der Waals surface area contributed by atoms with E-state index in [1.54, 1.807) is 47.4 Å². The molecule has 8 heteroatoms. The van der Waals surface area contributed by atoms with Gasteiger partial charge in [0.25, 0.3) is 10.0 Å². The van der Waals surface area contributed by atoms with Crippen LogP contribution in [0.5, 0.6) is 0 Å². The number of hydrogen-bond acceptors (Lipinski definition) is 3. The lowest BCUT2D eigenvalue weighted by atomic mass is 10.3. The van der Waals surface area contributed by atoms with Gasteiger partial charge in [0.15, 0.2) is 0 Å². The van der Waals surface area contributed by atoms with Crippen molar-refractivity contribution in [2.75, 3.05) is 4.72 Å². The number of rotatable bonds is 4. The van der Waals surface area contributed by atoms with Gasteiger partial charge in [0.2, 0.25) is 0 Å². The highest BCUT2D eigenvalue weighted by atomic mass is 35.5. The smallest absolute Gasteiger partial charge is 0.263 e. The summed E-state index contributed by atoms with van der Waals surface area (Å²) in [6, 6.07) is 11.6. The molecule has 0 unspecified atom stereocenters. The number of sulfonamides is 1. The minimum atomic E-state index is -3.92. The third kappa shape index (κ3) is 3.35. The molecule has 0 spiro atoms. The van der Waals surface area contributed by atoms with Gasteiger partial charge in [0.05, 0.1) is 16.4 Å². The average Bonchev–Trinajstić information content (AvgIpc) is 3.00. The Kier molecular flexibility index (Phi) is 4.06. The molecule has 1 aromatic heterocycles. The van der Waals surface area contributed by atoms with Gasteiger partial charge in [0, 0.05) is 12.4 Å². The van der Waals surface area contributed by atoms with Gasteiger partial charge in [-0.15, -0.1) is 0 Å². The second kappa shape index (κ2) is 6.02. The summed E-state index contributed by atoms with van der Waals surface area (Å²) >= 11 is 5.82. The van der Waals surface area contributed by atoms with Crippen molar-refractivity contribution in [1.82, 2.24) is 9.78 Å². The summed E-state index contributed by atoms with van der Waals surface area (Å²) in [5.41, 5.74) is 1.04. The van der Waals surface area contributed by atoms with Crippen LogP contribution in [-0.2, 0) is 10.0 Å². The normalized spacial score (nSPS) is 11.4. The first kappa shape index (κ1) is 15.5. The Balaban J connectivity index is 1.93. The molecule has 118 valence electrons. The lowest BCUT2D eigenvalue weighted by Crippen LogP contribution is -2.13. The number of nitrogens with zero attached hydrogens (tertiary/aromatic N) is 2.